The van der Waals surface area contributed by atoms with E-state index in [1.807, 2.05) is 34.7 Å². The van der Waals surface area contributed by atoms with Crippen molar-refractivity contribution in [2.24, 2.45) is 5.41 Å². The molecule has 20 heavy (non-hydrogen) atoms. The highest BCUT2D eigenvalue weighted by Gasteiger charge is 2.26. The molecule has 0 aromatic carbocycles. The van der Waals surface area contributed by atoms with Crippen LogP contribution in [0.25, 0.3) is 0 Å². The summed E-state index contributed by atoms with van der Waals surface area (Å²) < 4.78 is 0. The zero-order valence-corrected chi connectivity index (χ0v) is 13.2. The monoisotopic (exact) mass is 279 g/mol. The van der Waals surface area contributed by atoms with E-state index in [-0.39, 0.29) is 5.91 Å². The van der Waals surface area contributed by atoms with Crippen LogP contribution in [-0.2, 0) is 11.2 Å². The van der Waals surface area contributed by atoms with Crippen molar-refractivity contribution >= 4 is 17.5 Å². The molecule has 0 fully saturated rings. The van der Waals surface area contributed by atoms with E-state index >= 15 is 0 Å². The van der Waals surface area contributed by atoms with Gasteiger partial charge in [0.15, 0.2) is 0 Å². The first kappa shape index (κ1) is 16.2. The van der Waals surface area contributed by atoms with Gasteiger partial charge in [0, 0.05) is 32.6 Å². The number of carbonyl (C=O) groups is 1. The Morgan fingerprint density at radius 2 is 1.80 bits per heavy atom. The van der Waals surface area contributed by atoms with Gasteiger partial charge in [-0.1, -0.05) is 6.92 Å². The number of carbonyl (C=O) groups excluding carboxylic acids is 1. The van der Waals surface area contributed by atoms with E-state index in [4.69, 9.17) is 0 Å². The Hall–Kier alpha value is -1.85. The quantitative estimate of drug-likeness (QED) is 0.736. The number of hydrogen-bond donors (Lipinski definition) is 3. The Kier molecular flexibility index (Phi) is 5.30. The lowest BCUT2D eigenvalue weighted by molar-refractivity contribution is -0.128. The first-order valence-electron chi connectivity index (χ1n) is 6.87. The Morgan fingerprint density at radius 3 is 2.30 bits per heavy atom. The summed E-state index contributed by atoms with van der Waals surface area (Å²) in [5.41, 5.74) is 0.454. The largest absolute Gasteiger partial charge is 0.373 e. The van der Waals surface area contributed by atoms with Crippen LogP contribution in [0.15, 0.2) is 0 Å². The minimum atomic E-state index is -0.502. The second kappa shape index (κ2) is 6.54. The number of hydrogen-bond acceptors (Lipinski definition) is 5. The molecule has 3 N–H and O–H groups in total. The molecule has 1 amide bonds. The third-order valence-corrected chi connectivity index (χ3v) is 3.28. The minimum absolute atomic E-state index is 0.00117. The number of anilines is 2. The summed E-state index contributed by atoms with van der Waals surface area (Å²) in [5, 5.41) is 9.01. The number of nitrogens with one attached hydrogen (secondary N) is 3. The Morgan fingerprint density at radius 1 is 1.20 bits per heavy atom. The Labute approximate surface area is 120 Å². The Balaban J connectivity index is 2.95. The number of aromatic nitrogens is 2. The fourth-order valence-corrected chi connectivity index (χ4v) is 1.86. The maximum atomic E-state index is 11.8. The van der Waals surface area contributed by atoms with Crippen molar-refractivity contribution in [2.45, 2.75) is 34.1 Å². The summed E-state index contributed by atoms with van der Waals surface area (Å²) in [4.78, 5) is 20.7. The van der Waals surface area contributed by atoms with Crippen molar-refractivity contribution in [2.75, 3.05) is 31.3 Å². The van der Waals surface area contributed by atoms with Crippen LogP contribution in [0, 0.1) is 12.3 Å². The van der Waals surface area contributed by atoms with Crippen molar-refractivity contribution in [3.8, 4) is 0 Å². The molecule has 0 radical (unpaired) electrons. The van der Waals surface area contributed by atoms with Gasteiger partial charge in [-0.05, 0) is 20.8 Å². The van der Waals surface area contributed by atoms with E-state index in [2.05, 4.69) is 25.9 Å². The zero-order valence-electron chi connectivity index (χ0n) is 13.2. The minimum Gasteiger partial charge on any atom is -0.373 e. The van der Waals surface area contributed by atoms with Gasteiger partial charge in [0.05, 0.1) is 5.41 Å². The second-order valence-electron chi connectivity index (χ2n) is 5.38. The van der Waals surface area contributed by atoms with E-state index < -0.39 is 5.41 Å². The van der Waals surface area contributed by atoms with Gasteiger partial charge in [-0.25, -0.2) is 9.97 Å². The third-order valence-electron chi connectivity index (χ3n) is 3.28. The number of amides is 1. The van der Waals surface area contributed by atoms with Gasteiger partial charge in [-0.15, -0.1) is 0 Å². The molecule has 0 aliphatic carbocycles. The molecule has 0 aliphatic rings. The van der Waals surface area contributed by atoms with Gasteiger partial charge in [0.25, 0.3) is 0 Å². The van der Waals surface area contributed by atoms with Crippen LogP contribution in [-0.4, -0.2) is 36.5 Å². The van der Waals surface area contributed by atoms with E-state index in [1.54, 1.807) is 7.05 Å². The van der Waals surface area contributed by atoms with Crippen molar-refractivity contribution < 1.29 is 4.79 Å². The normalized spacial score (nSPS) is 11.1. The van der Waals surface area contributed by atoms with Gasteiger partial charge in [0.2, 0.25) is 5.91 Å². The standard InChI is InChI=1S/C14H25N5O/c1-7-10-18-11(15-5)9(2)12(19-10)17-8-14(3,4)13(20)16-6/h7-8H2,1-6H3,(H,16,20)(H2,15,17,18,19). The summed E-state index contributed by atoms with van der Waals surface area (Å²) in [6.07, 6.45) is 0.766. The van der Waals surface area contributed by atoms with Crippen LogP contribution in [0.1, 0.15) is 32.2 Å². The molecule has 6 nitrogen and oxygen atoms in total. The van der Waals surface area contributed by atoms with Crippen LogP contribution < -0.4 is 16.0 Å². The predicted octanol–water partition coefficient (Wildman–Crippen LogP) is 1.57. The lowest BCUT2D eigenvalue weighted by Crippen LogP contribution is -2.39. The molecular weight excluding hydrogens is 254 g/mol. The molecule has 0 saturated heterocycles. The molecule has 1 heterocycles. The van der Waals surface area contributed by atoms with E-state index in [0.29, 0.717) is 6.54 Å². The van der Waals surface area contributed by atoms with Crippen molar-refractivity contribution in [1.82, 2.24) is 15.3 Å². The van der Waals surface area contributed by atoms with E-state index in [9.17, 15) is 4.79 Å². The summed E-state index contributed by atoms with van der Waals surface area (Å²) >= 11 is 0. The van der Waals surface area contributed by atoms with Gasteiger partial charge in [0.1, 0.15) is 17.5 Å². The number of aryl methyl sites for hydroxylation is 1. The first-order valence-corrected chi connectivity index (χ1v) is 6.87. The van der Waals surface area contributed by atoms with Gasteiger partial charge < -0.3 is 16.0 Å². The average Bonchev–Trinajstić information content (AvgIpc) is 2.45. The molecule has 1 aromatic rings. The van der Waals surface area contributed by atoms with Crippen LogP contribution in [0.4, 0.5) is 11.6 Å². The molecule has 0 saturated carbocycles. The maximum Gasteiger partial charge on any atom is 0.227 e. The zero-order chi connectivity index (χ0) is 15.3. The number of nitrogens with zero attached hydrogens (tertiary/aromatic N) is 2. The predicted molar refractivity (Wildman–Crippen MR) is 82.0 cm³/mol. The smallest absolute Gasteiger partial charge is 0.227 e. The lowest BCUT2D eigenvalue weighted by atomic mass is 9.92. The molecule has 112 valence electrons. The van der Waals surface area contributed by atoms with Gasteiger partial charge in [-0.3, -0.25) is 4.79 Å². The van der Waals surface area contributed by atoms with Crippen LogP contribution in [0.2, 0.25) is 0 Å². The fraction of sp³-hybridized carbons (Fsp3) is 0.643. The summed E-state index contributed by atoms with van der Waals surface area (Å²) in [6.45, 7) is 8.28. The summed E-state index contributed by atoms with van der Waals surface area (Å²) in [7, 11) is 3.49. The third kappa shape index (κ3) is 3.59. The molecule has 0 bridgehead atoms. The van der Waals surface area contributed by atoms with E-state index in [1.165, 1.54) is 0 Å². The first-order chi connectivity index (χ1) is 9.35. The molecule has 1 rings (SSSR count). The van der Waals surface area contributed by atoms with Crippen molar-refractivity contribution in [1.29, 1.82) is 0 Å². The molecule has 0 unspecified atom stereocenters. The SMILES string of the molecule is CCc1nc(NC)c(C)c(NCC(C)(C)C(=O)NC)n1. The maximum absolute atomic E-state index is 11.8. The van der Waals surface area contributed by atoms with Gasteiger partial charge in [-0.2, -0.15) is 0 Å². The molecule has 0 aliphatic heterocycles. The highest BCUT2D eigenvalue weighted by molar-refractivity contribution is 5.82. The lowest BCUT2D eigenvalue weighted by Gasteiger charge is -2.24. The highest BCUT2D eigenvalue weighted by atomic mass is 16.2. The molecule has 0 atom stereocenters. The second-order valence-corrected chi connectivity index (χ2v) is 5.38. The summed E-state index contributed by atoms with van der Waals surface area (Å²) in [5.74, 6) is 2.37. The van der Waals surface area contributed by atoms with E-state index in [0.717, 1.165) is 29.4 Å². The number of rotatable bonds is 6. The average molecular weight is 279 g/mol. The Bertz CT molecular complexity index is 485. The van der Waals surface area contributed by atoms with Crippen molar-refractivity contribution in [3.63, 3.8) is 0 Å². The molecule has 6 heteroatoms. The fourth-order valence-electron chi connectivity index (χ4n) is 1.86. The molecule has 0 spiro atoms. The van der Waals surface area contributed by atoms with Gasteiger partial charge >= 0.3 is 0 Å². The highest BCUT2D eigenvalue weighted by Crippen LogP contribution is 2.22. The van der Waals surface area contributed by atoms with Crippen LogP contribution >= 0.6 is 0 Å². The van der Waals surface area contributed by atoms with Crippen LogP contribution in [0.3, 0.4) is 0 Å². The topological polar surface area (TPSA) is 78.9 Å². The van der Waals surface area contributed by atoms with Crippen molar-refractivity contribution in [3.05, 3.63) is 11.4 Å². The summed E-state index contributed by atoms with van der Waals surface area (Å²) in [6, 6.07) is 0. The van der Waals surface area contributed by atoms with Crippen LogP contribution in [0.5, 0.6) is 0 Å². The molecular formula is C14H25N5O. The molecule has 1 aromatic heterocycles.